The minimum atomic E-state index is 1.09. The van der Waals surface area contributed by atoms with Crippen LogP contribution in [0.4, 0.5) is 0 Å². The third-order valence-electron chi connectivity index (χ3n) is 3.53. The zero-order valence-corrected chi connectivity index (χ0v) is 11.4. The normalized spacial score (nSPS) is 11.1. The average molecular weight is 219 g/mol. The molecule has 0 heterocycles. The average Bonchev–Trinajstić information content (AvgIpc) is 2.30. The van der Waals surface area contributed by atoms with Crippen LogP contribution in [-0.4, -0.2) is 18.0 Å². The molecular formula is C15H25N. The summed E-state index contributed by atoms with van der Waals surface area (Å²) in [7, 11) is 0. The van der Waals surface area contributed by atoms with Crippen molar-refractivity contribution in [2.24, 2.45) is 0 Å². The van der Waals surface area contributed by atoms with Gasteiger partial charge in [-0.05, 0) is 55.6 Å². The third kappa shape index (κ3) is 3.08. The highest BCUT2D eigenvalue weighted by atomic mass is 15.1. The van der Waals surface area contributed by atoms with Crippen LogP contribution in [0.15, 0.2) is 12.1 Å². The van der Waals surface area contributed by atoms with E-state index in [-0.39, 0.29) is 0 Å². The van der Waals surface area contributed by atoms with Gasteiger partial charge in [-0.15, -0.1) is 0 Å². The van der Waals surface area contributed by atoms with Gasteiger partial charge in [-0.3, -0.25) is 4.90 Å². The number of rotatable bonds is 5. The highest BCUT2D eigenvalue weighted by Crippen LogP contribution is 2.18. The summed E-state index contributed by atoms with van der Waals surface area (Å²) < 4.78 is 0. The predicted octanol–water partition coefficient (Wildman–Crippen LogP) is 3.71. The Morgan fingerprint density at radius 1 is 1.00 bits per heavy atom. The van der Waals surface area contributed by atoms with Crippen LogP contribution < -0.4 is 0 Å². The van der Waals surface area contributed by atoms with E-state index in [9.17, 15) is 0 Å². The lowest BCUT2D eigenvalue weighted by Gasteiger charge is -2.21. The number of hydrogen-bond acceptors (Lipinski definition) is 1. The fourth-order valence-electron chi connectivity index (χ4n) is 2.07. The lowest BCUT2D eigenvalue weighted by Crippen LogP contribution is -2.22. The first kappa shape index (κ1) is 13.2. The molecule has 0 aliphatic rings. The molecule has 0 bridgehead atoms. The Morgan fingerprint density at radius 2 is 1.62 bits per heavy atom. The van der Waals surface area contributed by atoms with Gasteiger partial charge in [0.2, 0.25) is 0 Å². The monoisotopic (exact) mass is 219 g/mol. The molecule has 0 aliphatic heterocycles. The molecule has 16 heavy (non-hydrogen) atoms. The van der Waals surface area contributed by atoms with Gasteiger partial charge in [-0.25, -0.2) is 0 Å². The van der Waals surface area contributed by atoms with E-state index in [4.69, 9.17) is 0 Å². The van der Waals surface area contributed by atoms with Crippen LogP contribution in [0.2, 0.25) is 0 Å². The molecule has 0 atom stereocenters. The third-order valence-corrected chi connectivity index (χ3v) is 3.53. The van der Waals surface area contributed by atoms with Crippen molar-refractivity contribution >= 4 is 0 Å². The van der Waals surface area contributed by atoms with Crippen molar-refractivity contribution in [3.63, 3.8) is 0 Å². The summed E-state index contributed by atoms with van der Waals surface area (Å²) in [4.78, 5) is 2.47. The molecule has 0 aliphatic carbocycles. The zero-order chi connectivity index (χ0) is 12.1. The summed E-state index contributed by atoms with van der Waals surface area (Å²) in [6.07, 6.45) is 1.13. The van der Waals surface area contributed by atoms with Crippen molar-refractivity contribution in [2.75, 3.05) is 13.1 Å². The quantitative estimate of drug-likeness (QED) is 0.729. The number of nitrogens with zero attached hydrogens (tertiary/aromatic N) is 1. The van der Waals surface area contributed by atoms with Gasteiger partial charge in [0.05, 0.1) is 0 Å². The fraction of sp³-hybridized carbons (Fsp3) is 0.600. The molecule has 1 nitrogen and oxygen atoms in total. The van der Waals surface area contributed by atoms with Crippen LogP contribution in [-0.2, 0) is 13.0 Å². The molecule has 0 N–H and O–H groups in total. The molecule has 1 heteroatoms. The largest absolute Gasteiger partial charge is 0.300 e. The molecule has 90 valence electrons. The molecule has 0 saturated carbocycles. The molecule has 0 saturated heterocycles. The van der Waals surface area contributed by atoms with E-state index in [1.807, 2.05) is 0 Å². The summed E-state index contributed by atoms with van der Waals surface area (Å²) in [5.41, 5.74) is 5.86. The summed E-state index contributed by atoms with van der Waals surface area (Å²) in [5, 5.41) is 0. The maximum absolute atomic E-state index is 2.47. The fourth-order valence-corrected chi connectivity index (χ4v) is 2.07. The van der Waals surface area contributed by atoms with Gasteiger partial charge in [-0.1, -0.05) is 32.9 Å². The van der Waals surface area contributed by atoms with Crippen LogP contribution >= 0.6 is 0 Å². The topological polar surface area (TPSA) is 3.24 Å². The Morgan fingerprint density at radius 3 is 2.12 bits per heavy atom. The van der Waals surface area contributed by atoms with E-state index < -0.39 is 0 Å². The van der Waals surface area contributed by atoms with Gasteiger partial charge < -0.3 is 0 Å². The lowest BCUT2D eigenvalue weighted by molar-refractivity contribution is 0.295. The van der Waals surface area contributed by atoms with E-state index in [2.05, 4.69) is 51.7 Å². The van der Waals surface area contributed by atoms with Crippen molar-refractivity contribution in [1.82, 2.24) is 4.90 Å². The second kappa shape index (κ2) is 6.05. The maximum Gasteiger partial charge on any atom is 0.0236 e. The number of benzene rings is 1. The zero-order valence-electron chi connectivity index (χ0n) is 11.4. The number of aryl methyl sites for hydroxylation is 2. The van der Waals surface area contributed by atoms with Gasteiger partial charge in [-0.2, -0.15) is 0 Å². The van der Waals surface area contributed by atoms with Crippen molar-refractivity contribution in [2.45, 2.75) is 47.6 Å². The Kier molecular flexibility index (Phi) is 5.01. The molecule has 1 aromatic carbocycles. The lowest BCUT2D eigenvalue weighted by atomic mass is 9.98. The van der Waals surface area contributed by atoms with Crippen molar-refractivity contribution in [3.05, 3.63) is 34.4 Å². The Balaban J connectivity index is 2.97. The van der Waals surface area contributed by atoms with Crippen molar-refractivity contribution in [3.8, 4) is 0 Å². The minimum Gasteiger partial charge on any atom is -0.300 e. The van der Waals surface area contributed by atoms with Crippen LogP contribution in [0.25, 0.3) is 0 Å². The second-order valence-corrected chi connectivity index (χ2v) is 4.51. The summed E-state index contributed by atoms with van der Waals surface area (Å²) in [6.45, 7) is 14.5. The van der Waals surface area contributed by atoms with Crippen LogP contribution in [0, 0.1) is 13.8 Å². The van der Waals surface area contributed by atoms with Crippen molar-refractivity contribution in [1.29, 1.82) is 0 Å². The first-order valence-corrected chi connectivity index (χ1v) is 6.43. The Hall–Kier alpha value is -0.820. The van der Waals surface area contributed by atoms with Gasteiger partial charge in [0.1, 0.15) is 0 Å². The molecule has 1 aromatic rings. The van der Waals surface area contributed by atoms with Crippen molar-refractivity contribution < 1.29 is 0 Å². The van der Waals surface area contributed by atoms with Gasteiger partial charge >= 0.3 is 0 Å². The van der Waals surface area contributed by atoms with E-state index in [1.54, 1.807) is 0 Å². The van der Waals surface area contributed by atoms with Crippen LogP contribution in [0.5, 0.6) is 0 Å². The molecule has 0 aromatic heterocycles. The van der Waals surface area contributed by atoms with E-state index in [1.165, 1.54) is 22.3 Å². The highest BCUT2D eigenvalue weighted by molar-refractivity contribution is 5.37. The summed E-state index contributed by atoms with van der Waals surface area (Å²) in [5.74, 6) is 0. The maximum atomic E-state index is 2.47. The minimum absolute atomic E-state index is 1.09. The van der Waals surface area contributed by atoms with Gasteiger partial charge in [0.25, 0.3) is 0 Å². The van der Waals surface area contributed by atoms with Gasteiger partial charge in [0, 0.05) is 6.54 Å². The molecule has 0 fully saturated rings. The van der Waals surface area contributed by atoms with Gasteiger partial charge in [0.15, 0.2) is 0 Å². The Labute approximate surface area is 100 Å². The molecule has 0 amide bonds. The smallest absolute Gasteiger partial charge is 0.0236 e. The first-order chi connectivity index (χ1) is 7.62. The highest BCUT2D eigenvalue weighted by Gasteiger charge is 2.07. The standard InChI is InChI=1S/C15H25N/c1-6-14-9-12(4)13(5)15(10-14)11-16(7-2)8-3/h9-10H,6-8,11H2,1-5H3. The summed E-state index contributed by atoms with van der Waals surface area (Å²) in [6, 6.07) is 4.70. The predicted molar refractivity (Wildman–Crippen MR) is 71.9 cm³/mol. The van der Waals surface area contributed by atoms with Crippen LogP contribution in [0.1, 0.15) is 43.0 Å². The molecule has 0 spiro atoms. The van der Waals surface area contributed by atoms with E-state index in [0.29, 0.717) is 0 Å². The van der Waals surface area contributed by atoms with E-state index in [0.717, 1.165) is 26.1 Å². The number of hydrogen-bond donors (Lipinski definition) is 0. The second-order valence-electron chi connectivity index (χ2n) is 4.51. The molecule has 0 unspecified atom stereocenters. The molecular weight excluding hydrogens is 194 g/mol. The SMILES string of the molecule is CCc1cc(C)c(C)c(CN(CC)CC)c1. The summed E-state index contributed by atoms with van der Waals surface area (Å²) >= 11 is 0. The van der Waals surface area contributed by atoms with Crippen LogP contribution in [0.3, 0.4) is 0 Å². The van der Waals surface area contributed by atoms with E-state index >= 15 is 0 Å². The Bertz CT molecular complexity index is 338. The molecule has 0 radical (unpaired) electrons. The molecule has 1 rings (SSSR count). The first-order valence-electron chi connectivity index (χ1n) is 6.43.